The molecule has 4 aliphatic carbocycles. The first-order chi connectivity index (χ1) is 12.5. The SMILES string of the molecule is O=C(Nc1cnn(Cc2ccccc2)c1)C12CC3CC(CC(Br)(C3)C1)C2. The van der Waals surface area contributed by atoms with Crippen LogP contribution in [0.5, 0.6) is 0 Å². The Morgan fingerprint density at radius 1 is 1.19 bits per heavy atom. The molecule has 4 fully saturated rings. The summed E-state index contributed by atoms with van der Waals surface area (Å²) in [4.78, 5) is 13.2. The minimum absolute atomic E-state index is 0.185. The first-order valence-corrected chi connectivity index (χ1v) is 10.4. The van der Waals surface area contributed by atoms with Crippen molar-refractivity contribution in [1.29, 1.82) is 0 Å². The molecule has 2 atom stereocenters. The summed E-state index contributed by atoms with van der Waals surface area (Å²) in [6, 6.07) is 10.3. The van der Waals surface area contributed by atoms with Crippen LogP contribution in [0.4, 0.5) is 5.69 Å². The third-order valence-corrected chi connectivity index (χ3v) is 7.48. The Bertz CT molecular complexity index is 817. The predicted molar refractivity (Wildman–Crippen MR) is 105 cm³/mol. The van der Waals surface area contributed by atoms with Crippen LogP contribution >= 0.6 is 15.9 Å². The quantitative estimate of drug-likeness (QED) is 0.744. The number of nitrogens with zero attached hydrogens (tertiary/aromatic N) is 2. The van der Waals surface area contributed by atoms with Crippen LogP contribution in [0.1, 0.15) is 44.1 Å². The third kappa shape index (κ3) is 2.90. The Labute approximate surface area is 162 Å². The number of hydrogen-bond donors (Lipinski definition) is 1. The topological polar surface area (TPSA) is 46.9 Å². The molecule has 1 heterocycles. The van der Waals surface area contributed by atoms with E-state index in [9.17, 15) is 4.79 Å². The third-order valence-electron chi connectivity index (χ3n) is 6.55. The van der Waals surface area contributed by atoms with E-state index < -0.39 is 0 Å². The van der Waals surface area contributed by atoms with E-state index in [0.29, 0.717) is 11.8 Å². The van der Waals surface area contributed by atoms with Gasteiger partial charge in [-0.05, 0) is 55.9 Å². The lowest BCUT2D eigenvalue weighted by Gasteiger charge is -2.59. The van der Waals surface area contributed by atoms with Gasteiger partial charge in [0.2, 0.25) is 5.91 Å². The molecule has 136 valence electrons. The number of nitrogens with one attached hydrogen (secondary N) is 1. The first kappa shape index (κ1) is 16.5. The monoisotopic (exact) mass is 413 g/mol. The zero-order chi connectivity index (χ0) is 17.8. The molecule has 0 saturated heterocycles. The van der Waals surface area contributed by atoms with E-state index in [-0.39, 0.29) is 15.6 Å². The molecule has 1 aromatic heterocycles. The molecule has 6 rings (SSSR count). The molecule has 0 radical (unpaired) electrons. The van der Waals surface area contributed by atoms with E-state index in [1.165, 1.54) is 24.8 Å². The molecule has 5 heteroatoms. The lowest BCUT2D eigenvalue weighted by Crippen LogP contribution is -2.57. The van der Waals surface area contributed by atoms with Crippen molar-refractivity contribution in [3.63, 3.8) is 0 Å². The van der Waals surface area contributed by atoms with Gasteiger partial charge in [-0.1, -0.05) is 46.3 Å². The van der Waals surface area contributed by atoms with E-state index in [2.05, 4.69) is 38.5 Å². The normalized spacial score (nSPS) is 34.8. The molecule has 4 nitrogen and oxygen atoms in total. The van der Waals surface area contributed by atoms with Gasteiger partial charge in [0.1, 0.15) is 0 Å². The fourth-order valence-electron chi connectivity index (χ4n) is 5.97. The van der Waals surface area contributed by atoms with E-state index in [0.717, 1.165) is 31.5 Å². The van der Waals surface area contributed by atoms with Gasteiger partial charge in [-0.15, -0.1) is 0 Å². The van der Waals surface area contributed by atoms with Gasteiger partial charge in [-0.3, -0.25) is 9.48 Å². The molecule has 4 bridgehead atoms. The second-order valence-electron chi connectivity index (χ2n) is 8.76. The number of hydrogen-bond acceptors (Lipinski definition) is 2. The van der Waals surface area contributed by atoms with Crippen molar-refractivity contribution in [2.24, 2.45) is 17.3 Å². The Morgan fingerprint density at radius 2 is 1.92 bits per heavy atom. The van der Waals surface area contributed by atoms with Crippen LogP contribution in [0.15, 0.2) is 42.7 Å². The minimum Gasteiger partial charge on any atom is -0.323 e. The second-order valence-corrected chi connectivity index (χ2v) is 10.4. The molecule has 4 saturated carbocycles. The summed E-state index contributed by atoms with van der Waals surface area (Å²) >= 11 is 3.99. The van der Waals surface area contributed by atoms with Crippen LogP contribution in [-0.2, 0) is 11.3 Å². The highest BCUT2D eigenvalue weighted by Crippen LogP contribution is 2.64. The Hall–Kier alpha value is -1.62. The van der Waals surface area contributed by atoms with Crippen LogP contribution in [0.2, 0.25) is 0 Å². The Balaban J connectivity index is 1.30. The van der Waals surface area contributed by atoms with Crippen molar-refractivity contribution in [2.45, 2.75) is 49.4 Å². The summed E-state index contributed by atoms with van der Waals surface area (Å²) in [5, 5.41) is 7.60. The van der Waals surface area contributed by atoms with Gasteiger partial charge in [0.05, 0.1) is 23.8 Å². The molecule has 1 aromatic carbocycles. The number of carbonyl (C=O) groups excluding carboxylic acids is 1. The average Bonchev–Trinajstić information content (AvgIpc) is 3.00. The average molecular weight is 414 g/mol. The Morgan fingerprint density at radius 3 is 2.62 bits per heavy atom. The lowest BCUT2D eigenvalue weighted by molar-refractivity contribution is -0.138. The fraction of sp³-hybridized carbons (Fsp3) is 0.524. The number of halogens is 1. The number of carbonyl (C=O) groups is 1. The molecule has 2 unspecified atom stereocenters. The number of anilines is 1. The molecule has 4 aliphatic rings. The van der Waals surface area contributed by atoms with Crippen molar-refractivity contribution in [3.05, 3.63) is 48.3 Å². The highest BCUT2D eigenvalue weighted by Gasteiger charge is 2.59. The minimum atomic E-state index is -0.185. The smallest absolute Gasteiger partial charge is 0.230 e. The summed E-state index contributed by atoms with van der Waals surface area (Å²) in [6.45, 7) is 0.719. The molecule has 0 spiro atoms. The molecule has 0 aliphatic heterocycles. The van der Waals surface area contributed by atoms with E-state index in [1.807, 2.05) is 29.1 Å². The molecule has 1 N–H and O–H groups in total. The van der Waals surface area contributed by atoms with Gasteiger partial charge in [0.25, 0.3) is 0 Å². The predicted octanol–water partition coefficient (Wildman–Crippen LogP) is 4.60. The largest absolute Gasteiger partial charge is 0.323 e. The van der Waals surface area contributed by atoms with Crippen LogP contribution < -0.4 is 5.32 Å². The summed E-state index contributed by atoms with van der Waals surface area (Å²) in [6.07, 6.45) is 10.6. The van der Waals surface area contributed by atoms with Gasteiger partial charge in [0.15, 0.2) is 0 Å². The van der Waals surface area contributed by atoms with E-state index in [1.54, 1.807) is 6.20 Å². The fourth-order valence-corrected chi connectivity index (χ4v) is 7.42. The molecule has 26 heavy (non-hydrogen) atoms. The van der Waals surface area contributed by atoms with E-state index in [4.69, 9.17) is 0 Å². The van der Waals surface area contributed by atoms with Crippen LogP contribution in [0.3, 0.4) is 0 Å². The van der Waals surface area contributed by atoms with Crippen LogP contribution in [0, 0.1) is 17.3 Å². The number of benzene rings is 1. The molecular weight excluding hydrogens is 390 g/mol. The van der Waals surface area contributed by atoms with Gasteiger partial charge in [0, 0.05) is 10.5 Å². The van der Waals surface area contributed by atoms with Gasteiger partial charge < -0.3 is 5.32 Å². The maximum atomic E-state index is 13.2. The summed E-state index contributed by atoms with van der Waals surface area (Å²) in [5.74, 6) is 1.62. The van der Waals surface area contributed by atoms with Crippen molar-refractivity contribution in [1.82, 2.24) is 9.78 Å². The first-order valence-electron chi connectivity index (χ1n) is 9.59. The Kier molecular flexibility index (Phi) is 3.78. The molecule has 1 amide bonds. The highest BCUT2D eigenvalue weighted by atomic mass is 79.9. The lowest BCUT2D eigenvalue weighted by atomic mass is 9.49. The highest BCUT2D eigenvalue weighted by molar-refractivity contribution is 9.10. The van der Waals surface area contributed by atoms with Gasteiger partial charge in [-0.2, -0.15) is 5.10 Å². The number of alkyl halides is 1. The maximum absolute atomic E-state index is 13.2. The zero-order valence-electron chi connectivity index (χ0n) is 14.8. The molecule has 2 aromatic rings. The zero-order valence-corrected chi connectivity index (χ0v) is 16.4. The van der Waals surface area contributed by atoms with Crippen molar-refractivity contribution in [3.8, 4) is 0 Å². The van der Waals surface area contributed by atoms with Crippen molar-refractivity contribution < 1.29 is 4.79 Å². The maximum Gasteiger partial charge on any atom is 0.230 e. The van der Waals surface area contributed by atoms with Crippen molar-refractivity contribution in [2.75, 3.05) is 5.32 Å². The standard InChI is InChI=1S/C21H24BrN3O/c22-21-9-16-6-17(10-21)8-20(7-16,14-21)19(26)24-18-11-23-25(13-18)12-15-4-2-1-3-5-15/h1-5,11,13,16-17H,6-10,12,14H2,(H,24,26). The number of rotatable bonds is 4. The number of aromatic nitrogens is 2. The van der Waals surface area contributed by atoms with Crippen LogP contribution in [0.25, 0.3) is 0 Å². The molecular formula is C21H24BrN3O. The second kappa shape index (κ2) is 5.95. The summed E-state index contributed by atoms with van der Waals surface area (Å²) < 4.78 is 2.09. The summed E-state index contributed by atoms with van der Waals surface area (Å²) in [5.41, 5.74) is 1.83. The van der Waals surface area contributed by atoms with Crippen molar-refractivity contribution >= 4 is 27.5 Å². The summed E-state index contributed by atoms with van der Waals surface area (Å²) in [7, 11) is 0. The van der Waals surface area contributed by atoms with Crippen LogP contribution in [-0.4, -0.2) is 20.0 Å². The van der Waals surface area contributed by atoms with Gasteiger partial charge in [-0.25, -0.2) is 0 Å². The van der Waals surface area contributed by atoms with E-state index >= 15 is 0 Å². The number of amides is 1. The van der Waals surface area contributed by atoms with Gasteiger partial charge >= 0.3 is 0 Å².